The highest BCUT2D eigenvalue weighted by atomic mass is 16.5. The van der Waals surface area contributed by atoms with E-state index in [1.807, 2.05) is 0 Å². The number of carbonyl (C=O) groups excluding carboxylic acids is 2. The van der Waals surface area contributed by atoms with Gasteiger partial charge in [-0.25, -0.2) is 10.3 Å². The van der Waals surface area contributed by atoms with Gasteiger partial charge in [0, 0.05) is 17.5 Å². The first-order valence-electron chi connectivity index (χ1n) is 7.95. The fraction of sp³-hybridized carbons (Fsp3) is 0.105. The van der Waals surface area contributed by atoms with Gasteiger partial charge in [-0.3, -0.25) is 14.8 Å². The molecule has 2 aromatic carbocycles. The molecule has 1 aromatic heterocycles. The number of carbonyl (C=O) groups is 2. The van der Waals surface area contributed by atoms with Crippen molar-refractivity contribution in [2.24, 2.45) is 0 Å². The molecular weight excluding hydrogens is 352 g/mol. The molecule has 3 N–H and O–H groups in total. The summed E-state index contributed by atoms with van der Waals surface area (Å²) < 4.78 is 10.3. The van der Waals surface area contributed by atoms with Crippen LogP contribution in [-0.2, 0) is 6.54 Å². The Kier molecular flexibility index (Phi) is 5.18. The van der Waals surface area contributed by atoms with Crippen molar-refractivity contribution in [3.8, 4) is 5.75 Å². The second-order valence-electron chi connectivity index (χ2n) is 5.68. The van der Waals surface area contributed by atoms with Gasteiger partial charge in [0.05, 0.1) is 7.11 Å². The lowest BCUT2D eigenvalue weighted by molar-refractivity contribution is 0.0706. The summed E-state index contributed by atoms with van der Waals surface area (Å²) in [6.07, 6.45) is 0. The Morgan fingerprint density at radius 3 is 2.67 bits per heavy atom. The molecule has 3 rings (SSSR count). The van der Waals surface area contributed by atoms with Crippen molar-refractivity contribution < 1.29 is 24.0 Å². The fourth-order valence-electron chi connectivity index (χ4n) is 2.55. The highest BCUT2D eigenvalue weighted by molar-refractivity contribution is 5.97. The molecule has 8 nitrogen and oxygen atoms in total. The maximum Gasteiger partial charge on any atom is 0.349 e. The number of methoxy groups -OCH3 is 1. The van der Waals surface area contributed by atoms with Gasteiger partial charge in [0.25, 0.3) is 11.8 Å². The summed E-state index contributed by atoms with van der Waals surface area (Å²) >= 11 is 0. The third-order valence-corrected chi connectivity index (χ3v) is 3.93. The molecule has 0 atom stereocenters. The van der Waals surface area contributed by atoms with Crippen molar-refractivity contribution >= 4 is 22.8 Å². The average molecular weight is 368 g/mol. The zero-order valence-electron chi connectivity index (χ0n) is 14.3. The third-order valence-electron chi connectivity index (χ3n) is 3.93. The van der Waals surface area contributed by atoms with Crippen LogP contribution in [0.5, 0.6) is 5.75 Å². The van der Waals surface area contributed by atoms with Crippen LogP contribution in [0.2, 0.25) is 0 Å². The Morgan fingerprint density at radius 1 is 1.11 bits per heavy atom. The molecule has 3 aromatic rings. The van der Waals surface area contributed by atoms with E-state index in [-0.39, 0.29) is 17.7 Å². The molecule has 0 fully saturated rings. The Balaban J connectivity index is 1.81. The first kappa shape index (κ1) is 18.2. The predicted molar refractivity (Wildman–Crippen MR) is 95.9 cm³/mol. The van der Waals surface area contributed by atoms with Crippen LogP contribution in [0.25, 0.3) is 11.0 Å². The van der Waals surface area contributed by atoms with Crippen molar-refractivity contribution in [2.45, 2.75) is 6.54 Å². The van der Waals surface area contributed by atoms with Gasteiger partial charge in [-0.2, -0.15) is 0 Å². The number of rotatable bonds is 5. The molecule has 27 heavy (non-hydrogen) atoms. The number of hydrogen-bond donors (Lipinski definition) is 3. The maximum atomic E-state index is 12.4. The molecule has 0 spiro atoms. The number of amides is 2. The molecule has 0 unspecified atom stereocenters. The summed E-state index contributed by atoms with van der Waals surface area (Å²) in [6.45, 7) is 0.0843. The second kappa shape index (κ2) is 7.71. The van der Waals surface area contributed by atoms with Crippen molar-refractivity contribution in [3.05, 3.63) is 75.6 Å². The number of benzene rings is 2. The zero-order valence-corrected chi connectivity index (χ0v) is 14.3. The van der Waals surface area contributed by atoms with E-state index in [9.17, 15) is 14.4 Å². The van der Waals surface area contributed by atoms with Gasteiger partial charge < -0.3 is 14.5 Å². The van der Waals surface area contributed by atoms with Crippen molar-refractivity contribution in [3.63, 3.8) is 0 Å². The third kappa shape index (κ3) is 3.96. The highest BCUT2D eigenvalue weighted by Crippen LogP contribution is 2.20. The second-order valence-corrected chi connectivity index (χ2v) is 5.68. The highest BCUT2D eigenvalue weighted by Gasteiger charge is 2.14. The monoisotopic (exact) mass is 368 g/mol. The average Bonchev–Trinajstić information content (AvgIpc) is 2.70. The van der Waals surface area contributed by atoms with E-state index >= 15 is 0 Å². The number of hydrogen-bond acceptors (Lipinski definition) is 6. The minimum atomic E-state index is -0.751. The molecule has 138 valence electrons. The molecule has 0 aliphatic rings. The van der Waals surface area contributed by atoms with Crippen LogP contribution in [0.3, 0.4) is 0 Å². The van der Waals surface area contributed by atoms with E-state index in [4.69, 9.17) is 14.4 Å². The van der Waals surface area contributed by atoms with Gasteiger partial charge in [0.2, 0.25) is 0 Å². The van der Waals surface area contributed by atoms with Gasteiger partial charge in [-0.1, -0.05) is 12.1 Å². The standard InChI is InChI=1S/C19H16N2O6/c1-26-14-5-6-16-13(8-14)9-15(19(24)27-16)18(23)20-10-11-3-2-4-12(7-11)17(22)21-25/h2-9,25H,10H2,1H3,(H,20,23)(H,21,22). The molecule has 0 saturated carbocycles. The van der Waals surface area contributed by atoms with Crippen molar-refractivity contribution in [1.82, 2.24) is 10.8 Å². The SMILES string of the molecule is COc1ccc2oc(=O)c(C(=O)NCc3cccc(C(=O)NO)c3)cc2c1. The molecule has 0 radical (unpaired) electrons. The molecule has 1 heterocycles. The van der Waals surface area contributed by atoms with Crippen LogP contribution >= 0.6 is 0 Å². The van der Waals surface area contributed by atoms with E-state index in [1.54, 1.807) is 35.8 Å². The van der Waals surface area contributed by atoms with Crippen LogP contribution in [0, 0.1) is 0 Å². The minimum absolute atomic E-state index is 0.0843. The maximum absolute atomic E-state index is 12.4. The van der Waals surface area contributed by atoms with E-state index in [0.29, 0.717) is 22.3 Å². The Labute approximate surface area is 153 Å². The number of hydroxylamine groups is 1. The van der Waals surface area contributed by atoms with E-state index in [1.165, 1.54) is 25.3 Å². The summed E-state index contributed by atoms with van der Waals surface area (Å²) in [4.78, 5) is 35.9. The van der Waals surface area contributed by atoms with Gasteiger partial charge in [0.15, 0.2) is 0 Å². The lowest BCUT2D eigenvalue weighted by Crippen LogP contribution is -2.28. The topological polar surface area (TPSA) is 118 Å². The van der Waals surface area contributed by atoms with Crippen molar-refractivity contribution in [1.29, 1.82) is 0 Å². The van der Waals surface area contributed by atoms with Gasteiger partial charge in [-0.05, 0) is 42.0 Å². The molecule has 2 amide bonds. The molecular formula is C19H16N2O6. The summed E-state index contributed by atoms with van der Waals surface area (Å²) in [6, 6.07) is 12.7. The fourth-order valence-corrected chi connectivity index (χ4v) is 2.55. The molecule has 0 aliphatic carbocycles. The lowest BCUT2D eigenvalue weighted by atomic mass is 10.1. The number of ether oxygens (including phenoxy) is 1. The quantitative estimate of drug-likeness (QED) is 0.359. The summed E-state index contributed by atoms with van der Waals surface area (Å²) in [5, 5.41) is 11.8. The molecule has 0 bridgehead atoms. The van der Waals surface area contributed by atoms with Crippen LogP contribution in [0.15, 0.2) is 57.7 Å². The van der Waals surface area contributed by atoms with E-state index < -0.39 is 17.4 Å². The van der Waals surface area contributed by atoms with Crippen LogP contribution in [0.1, 0.15) is 26.3 Å². The predicted octanol–water partition coefficient (Wildman–Crippen LogP) is 1.85. The van der Waals surface area contributed by atoms with Gasteiger partial charge in [-0.15, -0.1) is 0 Å². The molecule has 0 saturated heterocycles. The van der Waals surface area contributed by atoms with E-state index in [0.717, 1.165) is 0 Å². The van der Waals surface area contributed by atoms with Gasteiger partial charge in [0.1, 0.15) is 16.9 Å². The van der Waals surface area contributed by atoms with Gasteiger partial charge >= 0.3 is 5.63 Å². The van der Waals surface area contributed by atoms with Crippen LogP contribution in [0.4, 0.5) is 0 Å². The first-order chi connectivity index (χ1) is 13.0. The van der Waals surface area contributed by atoms with Crippen molar-refractivity contribution in [2.75, 3.05) is 7.11 Å². The number of fused-ring (bicyclic) bond motifs is 1. The van der Waals surface area contributed by atoms with Crippen LogP contribution < -0.4 is 21.2 Å². The smallest absolute Gasteiger partial charge is 0.349 e. The Morgan fingerprint density at radius 2 is 1.93 bits per heavy atom. The summed E-state index contributed by atoms with van der Waals surface area (Å²) in [5.74, 6) is -0.695. The first-order valence-corrected chi connectivity index (χ1v) is 7.95. The molecule has 8 heteroatoms. The Bertz CT molecular complexity index is 1070. The lowest BCUT2D eigenvalue weighted by Gasteiger charge is -2.07. The Hall–Kier alpha value is -3.65. The summed E-state index contributed by atoms with van der Waals surface area (Å²) in [5.41, 5.74) is 1.86. The minimum Gasteiger partial charge on any atom is -0.497 e. The zero-order chi connectivity index (χ0) is 19.4. The largest absolute Gasteiger partial charge is 0.497 e. The van der Waals surface area contributed by atoms with E-state index in [2.05, 4.69) is 5.32 Å². The van der Waals surface area contributed by atoms with Crippen LogP contribution in [-0.4, -0.2) is 24.1 Å². The molecule has 0 aliphatic heterocycles. The normalized spacial score (nSPS) is 10.4. The number of nitrogens with one attached hydrogen (secondary N) is 2. The summed E-state index contributed by atoms with van der Waals surface area (Å²) in [7, 11) is 1.51.